The first-order valence-corrected chi connectivity index (χ1v) is 18.4. The molecule has 0 aliphatic heterocycles. The lowest BCUT2D eigenvalue weighted by atomic mass is 9.85. The topological polar surface area (TPSA) is 17.8 Å². The first-order chi connectivity index (χ1) is 24.1. The number of aryl methyl sites for hydroxylation is 1. The predicted molar refractivity (Wildman–Crippen MR) is 223 cm³/mol. The van der Waals surface area contributed by atoms with Gasteiger partial charge in [0.1, 0.15) is 0 Å². The van der Waals surface area contributed by atoms with Gasteiger partial charge in [0, 0.05) is 39.9 Å². The number of pyridine rings is 1. The van der Waals surface area contributed by atoms with E-state index in [0.29, 0.717) is 0 Å². The van der Waals surface area contributed by atoms with E-state index in [1.165, 1.54) is 66.1 Å². The van der Waals surface area contributed by atoms with Gasteiger partial charge in [0.05, 0.1) is 5.52 Å². The maximum Gasteiger partial charge on any atom is 0.0702 e. The highest BCUT2D eigenvalue weighted by Gasteiger charge is 2.24. The van der Waals surface area contributed by atoms with Crippen LogP contribution in [0.15, 0.2) is 128 Å². The Hall–Kier alpha value is -4.95. The fourth-order valence-corrected chi connectivity index (χ4v) is 6.97. The zero-order valence-corrected chi connectivity index (χ0v) is 32.4. The standard InChI is InChI=1S/C18H21N.C18H18.C13H15N/c1-5-19-16-9-7-6-8-14(16)15-12-13(18(2,3)4)10-11-17(15)19;1-12-14-7-5-6-8-16(14)17-11-13(18(2,3)4)9-10-15(12)17;1-13(2,3)11-8-10-6-4-5-7-12(10)14-9-11/h6-12H,5H2,1-4H3;5-11H,1H2,2-4H3;4-9H,1-3H3. The van der Waals surface area contributed by atoms with E-state index in [4.69, 9.17) is 0 Å². The van der Waals surface area contributed by atoms with Crippen molar-refractivity contribution in [3.63, 3.8) is 0 Å². The second-order valence-electron chi connectivity index (χ2n) is 16.9. The summed E-state index contributed by atoms with van der Waals surface area (Å²) in [7, 11) is 0. The summed E-state index contributed by atoms with van der Waals surface area (Å²) < 4.78 is 2.40. The zero-order valence-electron chi connectivity index (χ0n) is 32.4. The molecule has 51 heavy (non-hydrogen) atoms. The number of rotatable bonds is 1. The van der Waals surface area contributed by atoms with Gasteiger partial charge in [0.2, 0.25) is 0 Å². The molecule has 2 heteroatoms. The Bertz CT molecular complexity index is 2360. The van der Waals surface area contributed by atoms with Crippen molar-refractivity contribution in [2.24, 2.45) is 0 Å². The molecule has 5 aromatic carbocycles. The van der Waals surface area contributed by atoms with Crippen LogP contribution < -0.4 is 0 Å². The average molecular weight is 671 g/mol. The lowest BCUT2D eigenvalue weighted by Gasteiger charge is -2.20. The molecule has 0 N–H and O–H groups in total. The van der Waals surface area contributed by atoms with Crippen molar-refractivity contribution in [2.75, 3.05) is 0 Å². The second-order valence-corrected chi connectivity index (χ2v) is 16.9. The molecule has 1 aliphatic carbocycles. The van der Waals surface area contributed by atoms with E-state index in [0.717, 1.165) is 17.6 Å². The van der Waals surface area contributed by atoms with Crippen LogP contribution in [-0.4, -0.2) is 9.55 Å². The Morgan fingerprint density at radius 1 is 0.510 bits per heavy atom. The third-order valence-electron chi connectivity index (χ3n) is 10.2. The summed E-state index contributed by atoms with van der Waals surface area (Å²) in [6.07, 6.45) is 1.97. The van der Waals surface area contributed by atoms with Gasteiger partial charge in [-0.1, -0.05) is 148 Å². The third-order valence-corrected chi connectivity index (χ3v) is 10.2. The molecule has 0 saturated heterocycles. The summed E-state index contributed by atoms with van der Waals surface area (Å²) in [5.41, 5.74) is 14.8. The molecule has 0 fully saturated rings. The highest BCUT2D eigenvalue weighted by atomic mass is 15.0. The Morgan fingerprint density at radius 3 is 1.75 bits per heavy atom. The highest BCUT2D eigenvalue weighted by molar-refractivity contribution is 6.08. The molecule has 2 aromatic heterocycles. The van der Waals surface area contributed by atoms with Crippen molar-refractivity contribution in [2.45, 2.75) is 92.0 Å². The van der Waals surface area contributed by atoms with Crippen LogP contribution in [0.5, 0.6) is 0 Å². The monoisotopic (exact) mass is 670 g/mol. The molecule has 0 amide bonds. The molecule has 0 radical (unpaired) electrons. The van der Waals surface area contributed by atoms with Gasteiger partial charge in [0.25, 0.3) is 0 Å². The SMILES string of the molecule is C=C1c2ccccc2-c2cc(C(C)(C)C)ccc21.CC(C)(C)c1cnc2ccccc2c1.CCn1c2ccccc2c2cc(C(C)(C)C)ccc21. The number of aromatic nitrogens is 2. The number of fused-ring (bicyclic) bond motifs is 7. The van der Waals surface area contributed by atoms with Crippen molar-refractivity contribution < 1.29 is 0 Å². The summed E-state index contributed by atoms with van der Waals surface area (Å²) in [5.74, 6) is 0. The number of nitrogens with zero attached hydrogens (tertiary/aromatic N) is 2. The first-order valence-electron chi connectivity index (χ1n) is 18.4. The van der Waals surface area contributed by atoms with E-state index in [1.807, 2.05) is 18.3 Å². The Morgan fingerprint density at radius 2 is 1.06 bits per heavy atom. The van der Waals surface area contributed by atoms with Crippen molar-refractivity contribution in [1.82, 2.24) is 9.55 Å². The van der Waals surface area contributed by atoms with Crippen LogP contribution in [0.3, 0.4) is 0 Å². The first kappa shape index (κ1) is 35.9. The molecule has 0 saturated carbocycles. The minimum Gasteiger partial charge on any atom is -0.341 e. The van der Waals surface area contributed by atoms with Crippen LogP contribution in [0.2, 0.25) is 0 Å². The van der Waals surface area contributed by atoms with E-state index in [2.05, 4.69) is 188 Å². The molecular weight excluding hydrogens is 617 g/mol. The van der Waals surface area contributed by atoms with Gasteiger partial charge in [0.15, 0.2) is 0 Å². The van der Waals surface area contributed by atoms with Crippen molar-refractivity contribution in [3.05, 3.63) is 156 Å². The van der Waals surface area contributed by atoms with Crippen molar-refractivity contribution in [3.8, 4) is 11.1 Å². The van der Waals surface area contributed by atoms with Gasteiger partial charge in [-0.3, -0.25) is 4.98 Å². The van der Waals surface area contributed by atoms with Crippen LogP contribution in [0, 0.1) is 0 Å². The van der Waals surface area contributed by atoms with E-state index in [1.54, 1.807) is 0 Å². The molecule has 7 aromatic rings. The molecule has 1 aliphatic rings. The minimum absolute atomic E-state index is 0.178. The predicted octanol–water partition coefficient (Wildman–Crippen LogP) is 13.7. The summed E-state index contributed by atoms with van der Waals surface area (Å²) >= 11 is 0. The molecule has 0 unspecified atom stereocenters. The Kier molecular flexibility index (Phi) is 9.59. The van der Waals surface area contributed by atoms with Crippen LogP contribution in [0.4, 0.5) is 0 Å². The van der Waals surface area contributed by atoms with E-state index < -0.39 is 0 Å². The van der Waals surface area contributed by atoms with Crippen molar-refractivity contribution >= 4 is 38.3 Å². The van der Waals surface area contributed by atoms with Gasteiger partial charge in [-0.15, -0.1) is 0 Å². The van der Waals surface area contributed by atoms with Crippen LogP contribution in [0.1, 0.15) is 97.1 Å². The maximum absolute atomic E-state index is 4.45. The average Bonchev–Trinajstić information content (AvgIpc) is 3.58. The fourth-order valence-electron chi connectivity index (χ4n) is 6.97. The van der Waals surface area contributed by atoms with Crippen molar-refractivity contribution in [1.29, 1.82) is 0 Å². The summed E-state index contributed by atoms with van der Waals surface area (Å²) in [5, 5.41) is 3.97. The molecule has 2 nitrogen and oxygen atoms in total. The van der Waals surface area contributed by atoms with E-state index in [9.17, 15) is 0 Å². The van der Waals surface area contributed by atoms with Gasteiger partial charge in [-0.25, -0.2) is 0 Å². The number of hydrogen-bond donors (Lipinski definition) is 0. The van der Waals surface area contributed by atoms with Gasteiger partial charge < -0.3 is 4.57 Å². The molecular formula is C49H54N2. The number of para-hydroxylation sites is 2. The van der Waals surface area contributed by atoms with Gasteiger partial charge >= 0.3 is 0 Å². The van der Waals surface area contributed by atoms with E-state index >= 15 is 0 Å². The fraction of sp³-hybridized carbons (Fsp3) is 0.286. The number of hydrogen-bond acceptors (Lipinski definition) is 1. The largest absolute Gasteiger partial charge is 0.341 e. The maximum atomic E-state index is 4.45. The summed E-state index contributed by atoms with van der Waals surface area (Å²) in [6, 6.07) is 41.4. The van der Waals surface area contributed by atoms with Gasteiger partial charge in [-0.05, 0) is 104 Å². The lowest BCUT2D eigenvalue weighted by molar-refractivity contribution is 0.588. The van der Waals surface area contributed by atoms with E-state index in [-0.39, 0.29) is 16.2 Å². The minimum atomic E-state index is 0.178. The lowest BCUT2D eigenvalue weighted by Crippen LogP contribution is -2.11. The quantitative estimate of drug-likeness (QED) is 0.170. The molecule has 260 valence electrons. The Balaban J connectivity index is 0.000000133. The summed E-state index contributed by atoms with van der Waals surface area (Å²) in [6.45, 7) is 27.7. The molecule has 0 atom stereocenters. The second kappa shape index (κ2) is 13.6. The third kappa shape index (κ3) is 7.29. The van der Waals surface area contributed by atoms with Gasteiger partial charge in [-0.2, -0.15) is 0 Å². The van der Waals surface area contributed by atoms with Crippen LogP contribution in [0.25, 0.3) is 49.4 Å². The Labute approximate surface area is 305 Å². The number of benzene rings is 5. The summed E-state index contributed by atoms with van der Waals surface area (Å²) in [4.78, 5) is 4.45. The smallest absolute Gasteiger partial charge is 0.0702 e. The zero-order chi connectivity index (χ0) is 36.7. The van der Waals surface area contributed by atoms with Crippen LogP contribution >= 0.6 is 0 Å². The normalized spacial score (nSPS) is 12.6. The molecule has 2 heterocycles. The highest BCUT2D eigenvalue weighted by Crippen LogP contribution is 2.44. The molecule has 8 rings (SSSR count). The van der Waals surface area contributed by atoms with Crippen LogP contribution in [-0.2, 0) is 22.8 Å². The molecule has 0 bridgehead atoms. The molecule has 0 spiro atoms.